The first-order chi connectivity index (χ1) is 10.1. The third-order valence-electron chi connectivity index (χ3n) is 3.13. The Hall–Kier alpha value is -2.15. The minimum atomic E-state index is -0.264. The van der Waals surface area contributed by atoms with Crippen molar-refractivity contribution in [1.82, 2.24) is 15.5 Å². The van der Waals surface area contributed by atoms with Gasteiger partial charge in [0.1, 0.15) is 5.01 Å². The molecule has 0 saturated heterocycles. The Bertz CT molecular complexity index is 586. The number of hydrogen-bond donors (Lipinski definition) is 2. The van der Waals surface area contributed by atoms with Gasteiger partial charge in [-0.1, -0.05) is 29.5 Å². The van der Waals surface area contributed by atoms with Gasteiger partial charge in [-0.15, -0.1) is 10.2 Å². The predicted octanol–water partition coefficient (Wildman–Crippen LogP) is 2.49. The molecular formula is C14H19N5OS. The molecular weight excluding hydrogens is 286 g/mol. The van der Waals surface area contributed by atoms with Gasteiger partial charge in [0.05, 0.1) is 0 Å². The fraction of sp³-hybridized carbons (Fsp3) is 0.357. The van der Waals surface area contributed by atoms with Crippen LogP contribution in [-0.2, 0) is 0 Å². The van der Waals surface area contributed by atoms with Gasteiger partial charge in [-0.2, -0.15) is 0 Å². The van der Waals surface area contributed by atoms with E-state index < -0.39 is 0 Å². The van der Waals surface area contributed by atoms with Crippen molar-refractivity contribution in [3.63, 3.8) is 0 Å². The summed E-state index contributed by atoms with van der Waals surface area (Å²) in [5.74, 6) is 0. The Balaban J connectivity index is 1.80. The maximum absolute atomic E-state index is 11.8. The molecule has 2 amide bonds. The first-order valence-electron chi connectivity index (χ1n) is 6.69. The molecule has 1 aromatic carbocycles. The van der Waals surface area contributed by atoms with Crippen LogP contribution in [0.15, 0.2) is 30.3 Å². The van der Waals surface area contributed by atoms with Crippen LogP contribution in [0.1, 0.15) is 11.9 Å². The van der Waals surface area contributed by atoms with E-state index in [2.05, 4.69) is 32.7 Å². The van der Waals surface area contributed by atoms with Gasteiger partial charge in [0, 0.05) is 25.3 Å². The van der Waals surface area contributed by atoms with Crippen molar-refractivity contribution in [2.45, 2.75) is 19.9 Å². The number of anilines is 2. The number of hydrogen-bond acceptors (Lipinski definition) is 5. The molecule has 0 radical (unpaired) electrons. The molecule has 0 saturated carbocycles. The van der Waals surface area contributed by atoms with E-state index in [1.54, 1.807) is 0 Å². The Morgan fingerprint density at radius 1 is 1.33 bits per heavy atom. The molecule has 2 aromatic rings. The molecule has 1 atom stereocenters. The highest BCUT2D eigenvalue weighted by Gasteiger charge is 2.12. The van der Waals surface area contributed by atoms with Crippen LogP contribution in [0.3, 0.4) is 0 Å². The van der Waals surface area contributed by atoms with Gasteiger partial charge in [-0.05, 0) is 26.0 Å². The fourth-order valence-electron chi connectivity index (χ4n) is 1.78. The molecule has 2 N–H and O–H groups in total. The average Bonchev–Trinajstić information content (AvgIpc) is 2.90. The molecule has 0 spiro atoms. The summed E-state index contributed by atoms with van der Waals surface area (Å²) in [5.41, 5.74) is 1.12. The Morgan fingerprint density at radius 3 is 2.67 bits per heavy atom. The van der Waals surface area contributed by atoms with Gasteiger partial charge in [0.2, 0.25) is 5.13 Å². The van der Waals surface area contributed by atoms with Crippen molar-refractivity contribution in [3.8, 4) is 0 Å². The van der Waals surface area contributed by atoms with Gasteiger partial charge >= 0.3 is 6.03 Å². The third kappa shape index (κ3) is 4.42. The second-order valence-electron chi connectivity index (χ2n) is 4.76. The van der Waals surface area contributed by atoms with Crippen LogP contribution >= 0.6 is 11.3 Å². The van der Waals surface area contributed by atoms with Gasteiger partial charge in [0.15, 0.2) is 0 Å². The van der Waals surface area contributed by atoms with E-state index in [0.29, 0.717) is 11.7 Å². The Kier molecular flexibility index (Phi) is 5.10. The molecule has 6 nitrogen and oxygen atoms in total. The highest BCUT2D eigenvalue weighted by atomic mass is 32.1. The van der Waals surface area contributed by atoms with E-state index in [1.165, 1.54) is 11.3 Å². The lowest BCUT2D eigenvalue weighted by Crippen LogP contribution is -2.41. The van der Waals surface area contributed by atoms with E-state index in [4.69, 9.17) is 0 Å². The molecule has 0 fully saturated rings. The number of nitrogens with zero attached hydrogens (tertiary/aromatic N) is 3. The first-order valence-corrected chi connectivity index (χ1v) is 7.50. The molecule has 0 aliphatic carbocycles. The van der Waals surface area contributed by atoms with Crippen LogP contribution < -0.4 is 15.5 Å². The van der Waals surface area contributed by atoms with Crippen molar-refractivity contribution in [2.75, 3.05) is 23.8 Å². The SMILES string of the molecule is Cc1nnc(NC(=O)NC[C@H](C)N(C)c2ccccc2)s1. The minimum absolute atomic E-state index is 0.175. The maximum Gasteiger partial charge on any atom is 0.321 e. The Labute approximate surface area is 128 Å². The summed E-state index contributed by atoms with van der Waals surface area (Å²) in [6.07, 6.45) is 0. The molecule has 2 rings (SSSR count). The normalized spacial score (nSPS) is 11.8. The molecule has 1 heterocycles. The summed E-state index contributed by atoms with van der Waals surface area (Å²) >= 11 is 1.35. The largest absolute Gasteiger partial charge is 0.370 e. The quantitative estimate of drug-likeness (QED) is 0.890. The molecule has 1 aromatic heterocycles. The number of aromatic nitrogens is 2. The summed E-state index contributed by atoms with van der Waals surface area (Å²) in [6, 6.07) is 9.97. The summed E-state index contributed by atoms with van der Waals surface area (Å²) in [6.45, 7) is 4.44. The zero-order valence-electron chi connectivity index (χ0n) is 12.3. The number of likely N-dealkylation sites (N-methyl/N-ethyl adjacent to an activating group) is 1. The van der Waals surface area contributed by atoms with Crippen LogP contribution in [-0.4, -0.2) is 35.9 Å². The monoisotopic (exact) mass is 305 g/mol. The van der Waals surface area contributed by atoms with Crippen molar-refractivity contribution in [2.24, 2.45) is 0 Å². The van der Waals surface area contributed by atoms with Gasteiger partial charge < -0.3 is 10.2 Å². The van der Waals surface area contributed by atoms with Gasteiger partial charge in [0.25, 0.3) is 0 Å². The van der Waals surface area contributed by atoms with E-state index >= 15 is 0 Å². The number of urea groups is 1. The topological polar surface area (TPSA) is 70.1 Å². The number of rotatable bonds is 5. The number of aryl methyl sites for hydroxylation is 1. The second-order valence-corrected chi connectivity index (χ2v) is 5.94. The van der Waals surface area contributed by atoms with E-state index in [-0.39, 0.29) is 12.1 Å². The van der Waals surface area contributed by atoms with Gasteiger partial charge in [-0.25, -0.2) is 4.79 Å². The van der Waals surface area contributed by atoms with Crippen LogP contribution in [0.4, 0.5) is 15.6 Å². The predicted molar refractivity (Wildman–Crippen MR) is 86.0 cm³/mol. The van der Waals surface area contributed by atoms with Crippen LogP contribution in [0, 0.1) is 6.92 Å². The van der Waals surface area contributed by atoms with Crippen molar-refractivity contribution in [3.05, 3.63) is 35.3 Å². The highest BCUT2D eigenvalue weighted by molar-refractivity contribution is 7.15. The molecule has 0 aliphatic heterocycles. The molecule has 0 bridgehead atoms. The average molecular weight is 305 g/mol. The smallest absolute Gasteiger partial charge is 0.321 e. The standard InChI is InChI=1S/C14H19N5OS/c1-10(19(3)12-7-5-4-6-8-12)9-15-13(20)16-14-18-17-11(2)21-14/h4-8,10H,9H2,1-3H3,(H2,15,16,18,20)/t10-/m0/s1. The number of carbonyl (C=O) groups is 1. The van der Waals surface area contributed by atoms with Crippen molar-refractivity contribution in [1.29, 1.82) is 0 Å². The van der Waals surface area contributed by atoms with E-state index in [0.717, 1.165) is 10.7 Å². The lowest BCUT2D eigenvalue weighted by Gasteiger charge is -2.27. The third-order valence-corrected chi connectivity index (χ3v) is 3.88. The lowest BCUT2D eigenvalue weighted by atomic mass is 10.2. The molecule has 0 aliphatic rings. The van der Waals surface area contributed by atoms with Crippen LogP contribution in [0.2, 0.25) is 0 Å². The summed E-state index contributed by atoms with van der Waals surface area (Å²) in [4.78, 5) is 13.9. The zero-order valence-corrected chi connectivity index (χ0v) is 13.1. The maximum atomic E-state index is 11.8. The summed E-state index contributed by atoms with van der Waals surface area (Å²) in [7, 11) is 2.01. The van der Waals surface area contributed by atoms with Crippen molar-refractivity contribution < 1.29 is 4.79 Å². The van der Waals surface area contributed by atoms with E-state index in [1.807, 2.05) is 44.3 Å². The number of nitrogens with one attached hydrogen (secondary N) is 2. The number of amides is 2. The number of para-hydroxylation sites is 1. The molecule has 0 unspecified atom stereocenters. The fourth-order valence-corrected chi connectivity index (χ4v) is 2.37. The molecule has 7 heteroatoms. The molecule has 112 valence electrons. The zero-order chi connectivity index (χ0) is 15.2. The number of benzene rings is 1. The summed E-state index contributed by atoms with van der Waals surface area (Å²) < 4.78 is 0. The van der Waals surface area contributed by atoms with Crippen LogP contribution in [0.25, 0.3) is 0 Å². The number of carbonyl (C=O) groups excluding carboxylic acids is 1. The first kappa shape index (κ1) is 15.2. The van der Waals surface area contributed by atoms with Crippen molar-refractivity contribution >= 4 is 28.2 Å². The minimum Gasteiger partial charge on any atom is -0.370 e. The highest BCUT2D eigenvalue weighted by Crippen LogP contribution is 2.14. The van der Waals surface area contributed by atoms with Gasteiger partial charge in [-0.3, -0.25) is 5.32 Å². The van der Waals surface area contributed by atoms with Crippen LogP contribution in [0.5, 0.6) is 0 Å². The lowest BCUT2D eigenvalue weighted by molar-refractivity contribution is 0.251. The second kappa shape index (κ2) is 7.03. The molecule has 21 heavy (non-hydrogen) atoms. The Morgan fingerprint density at radius 2 is 2.05 bits per heavy atom. The summed E-state index contributed by atoms with van der Waals surface area (Å²) in [5, 5.41) is 14.5. The van der Waals surface area contributed by atoms with E-state index in [9.17, 15) is 4.79 Å².